The number of ether oxygens (including phenoxy) is 1. The zero-order valence-corrected chi connectivity index (χ0v) is 14.2. The van der Waals surface area contributed by atoms with Crippen LogP contribution in [0.25, 0.3) is 0 Å². The molecule has 0 fully saturated rings. The second-order valence-electron chi connectivity index (χ2n) is 5.54. The van der Waals surface area contributed by atoms with Crippen LogP contribution in [-0.2, 0) is 11.2 Å². The van der Waals surface area contributed by atoms with Crippen LogP contribution in [-0.4, -0.2) is 25.5 Å². The van der Waals surface area contributed by atoms with Gasteiger partial charge in [-0.3, -0.25) is 9.59 Å². The Kier molecular flexibility index (Phi) is 5.95. The highest BCUT2D eigenvalue weighted by molar-refractivity contribution is 5.95. The summed E-state index contributed by atoms with van der Waals surface area (Å²) in [6, 6.07) is 13.1. The molecule has 0 aliphatic carbocycles. The van der Waals surface area contributed by atoms with Crippen LogP contribution in [0.4, 0.5) is 5.69 Å². The van der Waals surface area contributed by atoms with Crippen molar-refractivity contribution in [2.45, 2.75) is 20.3 Å². The average Bonchev–Trinajstić information content (AvgIpc) is 2.55. The summed E-state index contributed by atoms with van der Waals surface area (Å²) in [6.07, 6.45) is 0.661. The number of methoxy groups -OCH3 is 1. The molecule has 2 N–H and O–H groups in total. The maximum Gasteiger partial charge on any atom is 0.251 e. The van der Waals surface area contributed by atoms with Gasteiger partial charge < -0.3 is 15.4 Å². The van der Waals surface area contributed by atoms with Gasteiger partial charge in [0.2, 0.25) is 5.91 Å². The summed E-state index contributed by atoms with van der Waals surface area (Å²) in [5, 5.41) is 5.67. The van der Waals surface area contributed by atoms with E-state index in [0.717, 1.165) is 11.1 Å². The highest BCUT2D eigenvalue weighted by Gasteiger charge is 2.09. The molecule has 2 aromatic rings. The van der Waals surface area contributed by atoms with Gasteiger partial charge in [-0.2, -0.15) is 0 Å². The first-order valence-corrected chi connectivity index (χ1v) is 7.79. The smallest absolute Gasteiger partial charge is 0.251 e. The van der Waals surface area contributed by atoms with E-state index >= 15 is 0 Å². The van der Waals surface area contributed by atoms with Crippen LogP contribution in [0.5, 0.6) is 5.75 Å². The molecule has 5 heteroatoms. The average molecular weight is 326 g/mol. The van der Waals surface area contributed by atoms with E-state index in [2.05, 4.69) is 10.6 Å². The van der Waals surface area contributed by atoms with Gasteiger partial charge in [-0.15, -0.1) is 0 Å². The van der Waals surface area contributed by atoms with Crippen LogP contribution >= 0.6 is 0 Å². The largest absolute Gasteiger partial charge is 0.495 e. The lowest BCUT2D eigenvalue weighted by Crippen LogP contribution is -2.26. The van der Waals surface area contributed by atoms with Gasteiger partial charge in [-0.25, -0.2) is 0 Å². The normalized spacial score (nSPS) is 10.1. The highest BCUT2D eigenvalue weighted by atomic mass is 16.5. The summed E-state index contributed by atoms with van der Waals surface area (Å²) in [6.45, 7) is 3.88. The van der Waals surface area contributed by atoms with Crippen molar-refractivity contribution in [3.8, 4) is 5.75 Å². The van der Waals surface area contributed by atoms with Gasteiger partial charge in [-0.05, 0) is 42.7 Å². The lowest BCUT2D eigenvalue weighted by atomic mass is 10.1. The molecule has 0 saturated heterocycles. The summed E-state index contributed by atoms with van der Waals surface area (Å²) < 4.78 is 5.23. The van der Waals surface area contributed by atoms with Crippen molar-refractivity contribution in [1.82, 2.24) is 5.32 Å². The monoisotopic (exact) mass is 326 g/mol. The summed E-state index contributed by atoms with van der Waals surface area (Å²) in [7, 11) is 1.56. The Hall–Kier alpha value is -2.82. The van der Waals surface area contributed by atoms with Crippen molar-refractivity contribution in [2.75, 3.05) is 19.0 Å². The summed E-state index contributed by atoms with van der Waals surface area (Å²) in [5.74, 6) is 0.375. The molecule has 0 heterocycles. The Morgan fingerprint density at radius 1 is 1.12 bits per heavy atom. The Morgan fingerprint density at radius 3 is 2.54 bits per heavy atom. The zero-order valence-electron chi connectivity index (χ0n) is 14.2. The molecule has 0 aliphatic rings. The van der Waals surface area contributed by atoms with Crippen LogP contribution in [0.1, 0.15) is 28.4 Å². The Balaban J connectivity index is 1.98. The number of carbonyl (C=O) groups excluding carboxylic acids is 2. The first kappa shape index (κ1) is 17.5. The molecule has 0 aliphatic heterocycles. The maximum atomic E-state index is 12.2. The number of hydrogen-bond acceptors (Lipinski definition) is 3. The molecule has 0 radical (unpaired) electrons. The maximum absolute atomic E-state index is 12.2. The van der Waals surface area contributed by atoms with E-state index in [1.807, 2.05) is 49.4 Å². The number of rotatable bonds is 6. The highest BCUT2D eigenvalue weighted by Crippen LogP contribution is 2.25. The molecule has 0 spiro atoms. The van der Waals surface area contributed by atoms with Crippen molar-refractivity contribution >= 4 is 17.5 Å². The quantitative estimate of drug-likeness (QED) is 0.857. The SMILES string of the molecule is COc1ccc(CCNC(=O)c2ccccc2C)cc1NC(C)=O. The van der Waals surface area contributed by atoms with Crippen LogP contribution < -0.4 is 15.4 Å². The molecule has 0 bridgehead atoms. The third-order valence-electron chi connectivity index (χ3n) is 3.66. The Bertz CT molecular complexity index is 741. The predicted octanol–water partition coefficient (Wildman–Crippen LogP) is 2.93. The number of carbonyl (C=O) groups is 2. The molecule has 24 heavy (non-hydrogen) atoms. The molecule has 0 unspecified atom stereocenters. The standard InChI is InChI=1S/C19H22N2O3/c1-13-6-4-5-7-16(13)19(23)20-11-10-15-8-9-18(24-3)17(12-15)21-14(2)22/h4-9,12H,10-11H2,1-3H3,(H,20,23)(H,21,22). The molecular formula is C19H22N2O3. The second kappa shape index (κ2) is 8.15. The summed E-state index contributed by atoms with van der Waals surface area (Å²) >= 11 is 0. The first-order valence-electron chi connectivity index (χ1n) is 7.79. The number of anilines is 1. The Morgan fingerprint density at radius 2 is 1.88 bits per heavy atom. The minimum absolute atomic E-state index is 0.0799. The van der Waals surface area contributed by atoms with E-state index in [4.69, 9.17) is 4.74 Å². The minimum Gasteiger partial charge on any atom is -0.495 e. The van der Waals surface area contributed by atoms with E-state index < -0.39 is 0 Å². The molecule has 2 aromatic carbocycles. The number of aryl methyl sites for hydroxylation is 1. The van der Waals surface area contributed by atoms with Crippen LogP contribution in [0, 0.1) is 6.92 Å². The summed E-state index contributed by atoms with van der Waals surface area (Å²) in [5.41, 5.74) is 3.27. The Labute approximate surface area is 142 Å². The van der Waals surface area contributed by atoms with Gasteiger partial charge in [0.25, 0.3) is 5.91 Å². The van der Waals surface area contributed by atoms with Crippen molar-refractivity contribution in [1.29, 1.82) is 0 Å². The molecular weight excluding hydrogens is 304 g/mol. The fraction of sp³-hybridized carbons (Fsp3) is 0.263. The zero-order chi connectivity index (χ0) is 17.5. The third-order valence-corrected chi connectivity index (χ3v) is 3.66. The fourth-order valence-electron chi connectivity index (χ4n) is 2.44. The van der Waals surface area contributed by atoms with Gasteiger partial charge in [0.05, 0.1) is 12.8 Å². The second-order valence-corrected chi connectivity index (χ2v) is 5.54. The van der Waals surface area contributed by atoms with Gasteiger partial charge >= 0.3 is 0 Å². The molecule has 0 atom stereocenters. The van der Waals surface area contributed by atoms with Gasteiger partial charge in [0.15, 0.2) is 0 Å². The van der Waals surface area contributed by atoms with Gasteiger partial charge in [0, 0.05) is 19.0 Å². The van der Waals surface area contributed by atoms with Gasteiger partial charge in [-0.1, -0.05) is 24.3 Å². The van der Waals surface area contributed by atoms with E-state index in [1.54, 1.807) is 7.11 Å². The number of nitrogens with one attached hydrogen (secondary N) is 2. The lowest BCUT2D eigenvalue weighted by molar-refractivity contribution is -0.114. The molecule has 0 saturated carbocycles. The van der Waals surface area contributed by atoms with Crippen molar-refractivity contribution in [3.63, 3.8) is 0 Å². The lowest BCUT2D eigenvalue weighted by Gasteiger charge is -2.12. The van der Waals surface area contributed by atoms with Crippen molar-refractivity contribution < 1.29 is 14.3 Å². The van der Waals surface area contributed by atoms with E-state index in [9.17, 15) is 9.59 Å². The number of hydrogen-bond donors (Lipinski definition) is 2. The van der Waals surface area contributed by atoms with Crippen molar-refractivity contribution in [2.24, 2.45) is 0 Å². The van der Waals surface area contributed by atoms with E-state index in [0.29, 0.717) is 30.0 Å². The third kappa shape index (κ3) is 4.59. The fourth-order valence-corrected chi connectivity index (χ4v) is 2.44. The van der Waals surface area contributed by atoms with E-state index in [1.165, 1.54) is 6.92 Å². The summed E-state index contributed by atoms with van der Waals surface area (Å²) in [4.78, 5) is 23.4. The predicted molar refractivity (Wildman–Crippen MR) is 94.5 cm³/mol. The van der Waals surface area contributed by atoms with Crippen molar-refractivity contribution in [3.05, 3.63) is 59.2 Å². The topological polar surface area (TPSA) is 67.4 Å². The molecule has 2 rings (SSSR count). The first-order chi connectivity index (χ1) is 11.5. The minimum atomic E-state index is -0.154. The number of amides is 2. The van der Waals surface area contributed by atoms with Crippen LogP contribution in [0.15, 0.2) is 42.5 Å². The molecule has 126 valence electrons. The molecule has 2 amide bonds. The van der Waals surface area contributed by atoms with Crippen LogP contribution in [0.3, 0.4) is 0 Å². The molecule has 5 nitrogen and oxygen atoms in total. The molecule has 0 aromatic heterocycles. The van der Waals surface area contributed by atoms with Gasteiger partial charge in [0.1, 0.15) is 5.75 Å². The number of benzene rings is 2. The van der Waals surface area contributed by atoms with E-state index in [-0.39, 0.29) is 11.8 Å². The van der Waals surface area contributed by atoms with Crippen LogP contribution in [0.2, 0.25) is 0 Å².